The minimum Gasteiger partial charge on any atom is -0.295 e. The van der Waals surface area contributed by atoms with Gasteiger partial charge in [0.25, 0.3) is 0 Å². The van der Waals surface area contributed by atoms with Crippen LogP contribution in [0, 0.1) is 0 Å². The number of carbonyl (C=O) groups excluding carboxylic acids is 1. The largest absolute Gasteiger partial charge is 0.454 e. The van der Waals surface area contributed by atoms with Gasteiger partial charge >= 0.3 is 6.09 Å². The number of carbonyl (C=O) groups is 1. The third-order valence-corrected chi connectivity index (χ3v) is 1.27. The Morgan fingerprint density at radius 1 is 1.42 bits per heavy atom. The summed E-state index contributed by atoms with van der Waals surface area (Å²) in [6.45, 7) is 2.13. The van der Waals surface area contributed by atoms with Gasteiger partial charge in [0.2, 0.25) is 0 Å². The molecule has 3 heteroatoms. The molecule has 0 aliphatic carbocycles. The van der Waals surface area contributed by atoms with Crippen molar-refractivity contribution in [2.75, 3.05) is 0 Å². The zero-order valence-electron chi connectivity index (χ0n) is 7.25. The highest BCUT2D eigenvalue weighted by atomic mass is 16.4. The summed E-state index contributed by atoms with van der Waals surface area (Å²) in [6.07, 6.45) is 8.86. The molecule has 0 saturated carbocycles. The van der Waals surface area contributed by atoms with Gasteiger partial charge in [0.1, 0.15) is 0 Å². The number of unbranched alkanes of at least 4 members (excludes halogenated alkanes) is 2. The quantitative estimate of drug-likeness (QED) is 0.497. The first kappa shape index (κ1) is 10.8. The smallest absolute Gasteiger partial charge is 0.295 e. The molecule has 0 atom stereocenters. The van der Waals surface area contributed by atoms with Crippen LogP contribution in [0.5, 0.6) is 0 Å². The molecule has 0 aliphatic heterocycles. The van der Waals surface area contributed by atoms with Crippen LogP contribution in [-0.4, -0.2) is 6.09 Å². The Balaban J connectivity index is 3.33. The monoisotopic (exact) mass is 168 g/mol. The lowest BCUT2D eigenvalue weighted by atomic mass is 10.2. The molecule has 1 N–H and O–H groups in total. The third-order valence-electron chi connectivity index (χ3n) is 1.27. The van der Waals surface area contributed by atoms with E-state index >= 15 is 0 Å². The van der Waals surface area contributed by atoms with Crippen molar-refractivity contribution in [3.63, 3.8) is 0 Å². The van der Waals surface area contributed by atoms with Gasteiger partial charge in [0.05, 0.1) is 0 Å². The number of hydrogen-bond acceptors (Lipinski definition) is 1. The van der Waals surface area contributed by atoms with Gasteiger partial charge in [-0.3, -0.25) is 5.32 Å². The molecule has 0 fully saturated rings. The second kappa shape index (κ2) is 7.85. The van der Waals surface area contributed by atoms with Crippen LogP contribution in [0.15, 0.2) is 24.4 Å². The molecule has 1 radical (unpaired) electrons. The fourth-order valence-corrected chi connectivity index (χ4v) is 0.668. The molecule has 0 aromatic rings. The zero-order valence-corrected chi connectivity index (χ0v) is 7.25. The van der Waals surface area contributed by atoms with E-state index < -0.39 is 6.09 Å². The minimum atomic E-state index is -1.28. The molecular weight excluding hydrogens is 154 g/mol. The first-order valence-electron chi connectivity index (χ1n) is 4.06. The van der Waals surface area contributed by atoms with Crippen molar-refractivity contribution < 1.29 is 9.90 Å². The number of rotatable bonds is 5. The number of nitrogens with one attached hydrogen (secondary N) is 1. The van der Waals surface area contributed by atoms with Crippen LogP contribution in [0.1, 0.15) is 26.2 Å². The van der Waals surface area contributed by atoms with Gasteiger partial charge in [-0.2, -0.15) is 0 Å². The Kier molecular flexibility index (Phi) is 7.03. The average Bonchev–Trinajstić information content (AvgIpc) is 2.02. The average molecular weight is 168 g/mol. The number of hydrogen-bond donors (Lipinski definition) is 1. The Hall–Kier alpha value is -1.25. The van der Waals surface area contributed by atoms with Crippen LogP contribution < -0.4 is 5.32 Å². The minimum absolute atomic E-state index is 1.03. The van der Waals surface area contributed by atoms with Crippen LogP contribution in [0.3, 0.4) is 0 Å². The summed E-state index contributed by atoms with van der Waals surface area (Å²) in [4.78, 5) is 9.84. The van der Waals surface area contributed by atoms with Crippen LogP contribution in [0.2, 0.25) is 0 Å². The summed E-state index contributed by atoms with van der Waals surface area (Å²) in [7, 11) is 0. The summed E-state index contributed by atoms with van der Waals surface area (Å²) < 4.78 is 0. The normalized spacial score (nSPS) is 11.1. The maximum absolute atomic E-state index is 9.84. The van der Waals surface area contributed by atoms with Crippen molar-refractivity contribution in [1.29, 1.82) is 0 Å². The number of amides is 1. The molecule has 0 aromatic heterocycles. The first-order chi connectivity index (χ1) is 5.77. The molecule has 3 nitrogen and oxygen atoms in total. The van der Waals surface area contributed by atoms with E-state index in [0.717, 1.165) is 12.8 Å². The van der Waals surface area contributed by atoms with Crippen molar-refractivity contribution in [1.82, 2.24) is 5.32 Å². The summed E-state index contributed by atoms with van der Waals surface area (Å²) in [5.41, 5.74) is 0. The molecule has 0 spiro atoms. The van der Waals surface area contributed by atoms with Gasteiger partial charge in [0.15, 0.2) is 0 Å². The molecule has 67 valence electrons. The molecule has 12 heavy (non-hydrogen) atoms. The van der Waals surface area contributed by atoms with Gasteiger partial charge < -0.3 is 0 Å². The van der Waals surface area contributed by atoms with E-state index in [9.17, 15) is 9.90 Å². The van der Waals surface area contributed by atoms with E-state index in [-0.39, 0.29) is 0 Å². The second-order valence-corrected chi connectivity index (χ2v) is 2.36. The van der Waals surface area contributed by atoms with Gasteiger partial charge in [-0.05, 0) is 12.5 Å². The highest BCUT2D eigenvalue weighted by Crippen LogP contribution is 1.94. The summed E-state index contributed by atoms with van der Waals surface area (Å²) >= 11 is 0. The van der Waals surface area contributed by atoms with E-state index in [0.29, 0.717) is 0 Å². The fourth-order valence-electron chi connectivity index (χ4n) is 0.668. The SMILES string of the molecule is CCCC/C=C/C=C/NC([O])=O. The lowest BCUT2D eigenvalue weighted by Gasteiger charge is -1.86. The van der Waals surface area contributed by atoms with E-state index in [2.05, 4.69) is 6.92 Å². The van der Waals surface area contributed by atoms with Crippen LogP contribution in [0.25, 0.3) is 0 Å². The summed E-state index contributed by atoms with van der Waals surface area (Å²) in [5, 5.41) is 11.8. The Labute approximate surface area is 72.8 Å². The van der Waals surface area contributed by atoms with E-state index in [1.54, 1.807) is 6.08 Å². The predicted octanol–water partition coefficient (Wildman–Crippen LogP) is 2.39. The molecule has 0 heterocycles. The van der Waals surface area contributed by atoms with Crippen molar-refractivity contribution in [2.24, 2.45) is 0 Å². The molecule has 0 unspecified atom stereocenters. The number of allylic oxidation sites excluding steroid dienone is 3. The maximum atomic E-state index is 9.84. The molecule has 0 saturated heterocycles. The molecule has 0 aliphatic rings. The highest BCUT2D eigenvalue weighted by molar-refractivity contribution is 5.65. The lowest BCUT2D eigenvalue weighted by Crippen LogP contribution is -2.10. The van der Waals surface area contributed by atoms with Gasteiger partial charge in [-0.25, -0.2) is 9.90 Å². The Morgan fingerprint density at radius 3 is 2.75 bits per heavy atom. The van der Waals surface area contributed by atoms with Crippen LogP contribution >= 0.6 is 0 Å². The van der Waals surface area contributed by atoms with Gasteiger partial charge in [0, 0.05) is 6.20 Å². The fraction of sp³-hybridized carbons (Fsp3) is 0.444. The standard InChI is InChI=1S/C9H14NO2/c1-2-3-4-5-6-7-8-10-9(11)12/h5-8,10H,2-4H2,1H3/b6-5+,8-7+. The molecular formula is C9H14NO2. The topological polar surface area (TPSA) is 49.0 Å². The third kappa shape index (κ3) is 8.75. The second-order valence-electron chi connectivity index (χ2n) is 2.36. The van der Waals surface area contributed by atoms with Crippen LogP contribution in [-0.2, 0) is 5.11 Å². The Morgan fingerprint density at radius 2 is 2.17 bits per heavy atom. The van der Waals surface area contributed by atoms with Crippen molar-refractivity contribution >= 4 is 6.09 Å². The van der Waals surface area contributed by atoms with E-state index in [1.807, 2.05) is 17.5 Å². The van der Waals surface area contributed by atoms with Crippen molar-refractivity contribution in [3.8, 4) is 0 Å². The summed E-state index contributed by atoms with van der Waals surface area (Å²) in [6, 6.07) is 0. The van der Waals surface area contributed by atoms with Crippen LogP contribution in [0.4, 0.5) is 4.79 Å². The van der Waals surface area contributed by atoms with E-state index in [4.69, 9.17) is 0 Å². The van der Waals surface area contributed by atoms with Gasteiger partial charge in [-0.15, -0.1) is 0 Å². The molecule has 1 amide bonds. The molecule has 0 bridgehead atoms. The van der Waals surface area contributed by atoms with Gasteiger partial charge in [-0.1, -0.05) is 31.9 Å². The summed E-state index contributed by atoms with van der Waals surface area (Å²) in [5.74, 6) is 0. The van der Waals surface area contributed by atoms with Crippen molar-refractivity contribution in [3.05, 3.63) is 24.4 Å². The molecule has 0 aromatic carbocycles. The first-order valence-corrected chi connectivity index (χ1v) is 4.06. The lowest BCUT2D eigenvalue weighted by molar-refractivity contribution is 0.173. The van der Waals surface area contributed by atoms with E-state index in [1.165, 1.54) is 12.6 Å². The zero-order chi connectivity index (χ0) is 9.23. The Bertz CT molecular complexity index is 173. The maximum Gasteiger partial charge on any atom is 0.454 e. The highest BCUT2D eigenvalue weighted by Gasteiger charge is 1.86. The van der Waals surface area contributed by atoms with Crippen molar-refractivity contribution in [2.45, 2.75) is 26.2 Å². The molecule has 0 rings (SSSR count). The predicted molar refractivity (Wildman–Crippen MR) is 47.0 cm³/mol.